The van der Waals surface area contributed by atoms with E-state index in [1.807, 2.05) is 13.1 Å². The van der Waals surface area contributed by atoms with E-state index < -0.39 is 11.9 Å². The minimum absolute atomic E-state index is 0.0248. The minimum Gasteiger partial charge on any atom is -0.478 e. The third-order valence-corrected chi connectivity index (χ3v) is 2.32. The fraction of sp³-hybridized carbons (Fsp3) is 0.231. The zero-order chi connectivity index (χ0) is 13.5. The maximum Gasteiger partial charge on any atom is 0.335 e. The van der Waals surface area contributed by atoms with Gasteiger partial charge >= 0.3 is 11.9 Å². The van der Waals surface area contributed by atoms with Crippen molar-refractivity contribution in [1.82, 2.24) is 5.32 Å². The molecule has 0 aliphatic rings. The standard InChI is InChI=1S/C13H15NO4/c1-14-5-3-2-4-9-6-10(12(15)16)8-11(7-9)13(17)18/h2,4,6-8,14H,3,5H2,1H3,(H,15,16)(H,17,18). The predicted octanol–water partition coefficient (Wildman–Crippen LogP) is 1.71. The Kier molecular flexibility index (Phi) is 5.07. The largest absolute Gasteiger partial charge is 0.478 e. The number of hydrogen-bond acceptors (Lipinski definition) is 3. The molecule has 0 amide bonds. The van der Waals surface area contributed by atoms with Crippen LogP contribution in [-0.2, 0) is 0 Å². The predicted molar refractivity (Wildman–Crippen MR) is 67.9 cm³/mol. The molecule has 0 aliphatic carbocycles. The van der Waals surface area contributed by atoms with E-state index in [4.69, 9.17) is 10.2 Å². The summed E-state index contributed by atoms with van der Waals surface area (Å²) in [6, 6.07) is 4.05. The van der Waals surface area contributed by atoms with Gasteiger partial charge in [0.25, 0.3) is 0 Å². The van der Waals surface area contributed by atoms with Gasteiger partial charge in [0, 0.05) is 0 Å². The monoisotopic (exact) mass is 249 g/mol. The molecule has 96 valence electrons. The molecule has 0 aromatic heterocycles. The number of carboxylic acid groups (broad SMARTS) is 2. The number of nitrogens with one attached hydrogen (secondary N) is 1. The highest BCUT2D eigenvalue weighted by molar-refractivity contribution is 5.94. The molecule has 1 rings (SSSR count). The van der Waals surface area contributed by atoms with Crippen molar-refractivity contribution in [2.24, 2.45) is 0 Å². The van der Waals surface area contributed by atoms with Crippen LogP contribution in [0.15, 0.2) is 24.3 Å². The average Bonchev–Trinajstić information content (AvgIpc) is 2.34. The van der Waals surface area contributed by atoms with Crippen molar-refractivity contribution < 1.29 is 19.8 Å². The van der Waals surface area contributed by atoms with Crippen molar-refractivity contribution in [3.05, 3.63) is 41.0 Å². The molecule has 0 unspecified atom stereocenters. The maximum atomic E-state index is 10.9. The summed E-state index contributed by atoms with van der Waals surface area (Å²) >= 11 is 0. The second kappa shape index (κ2) is 6.56. The summed E-state index contributed by atoms with van der Waals surface area (Å²) in [4.78, 5) is 21.8. The normalized spacial score (nSPS) is 10.7. The summed E-state index contributed by atoms with van der Waals surface area (Å²) in [6.07, 6.45) is 4.37. The van der Waals surface area contributed by atoms with E-state index in [1.54, 1.807) is 6.08 Å². The topological polar surface area (TPSA) is 86.6 Å². The van der Waals surface area contributed by atoms with Crippen LogP contribution in [0.25, 0.3) is 6.08 Å². The van der Waals surface area contributed by atoms with Gasteiger partial charge in [0.1, 0.15) is 0 Å². The second-order valence-corrected chi connectivity index (χ2v) is 3.75. The van der Waals surface area contributed by atoms with Crippen molar-refractivity contribution >= 4 is 18.0 Å². The molecule has 18 heavy (non-hydrogen) atoms. The van der Waals surface area contributed by atoms with Crippen LogP contribution >= 0.6 is 0 Å². The Morgan fingerprint density at radius 2 is 1.72 bits per heavy atom. The molecule has 0 atom stereocenters. The van der Waals surface area contributed by atoms with E-state index in [0.717, 1.165) is 19.0 Å². The highest BCUT2D eigenvalue weighted by Gasteiger charge is 2.10. The van der Waals surface area contributed by atoms with Crippen LogP contribution in [-0.4, -0.2) is 35.7 Å². The third-order valence-electron chi connectivity index (χ3n) is 2.32. The SMILES string of the molecule is CNCCC=Cc1cc(C(=O)O)cc(C(=O)O)c1. The molecule has 3 N–H and O–H groups in total. The first kappa shape index (κ1) is 13.9. The van der Waals surface area contributed by atoms with Gasteiger partial charge in [-0.2, -0.15) is 0 Å². The van der Waals surface area contributed by atoms with Crippen LogP contribution in [0.4, 0.5) is 0 Å². The summed E-state index contributed by atoms with van der Waals surface area (Å²) in [6.45, 7) is 0.806. The Bertz CT molecular complexity index is 448. The first-order valence-electron chi connectivity index (χ1n) is 5.47. The Labute approximate surface area is 105 Å². The lowest BCUT2D eigenvalue weighted by Gasteiger charge is -2.01. The van der Waals surface area contributed by atoms with Gasteiger partial charge in [-0.05, 0) is 43.8 Å². The zero-order valence-corrected chi connectivity index (χ0v) is 10.0. The van der Waals surface area contributed by atoms with Crippen molar-refractivity contribution in [1.29, 1.82) is 0 Å². The molecule has 1 aromatic rings. The Morgan fingerprint density at radius 1 is 1.17 bits per heavy atom. The number of carboxylic acids is 2. The molecule has 0 fully saturated rings. The molecule has 0 bridgehead atoms. The second-order valence-electron chi connectivity index (χ2n) is 3.75. The van der Waals surface area contributed by atoms with Crippen LogP contribution < -0.4 is 5.32 Å². The molecule has 0 saturated carbocycles. The van der Waals surface area contributed by atoms with Crippen LogP contribution in [0.1, 0.15) is 32.7 Å². The first-order valence-corrected chi connectivity index (χ1v) is 5.47. The minimum atomic E-state index is -1.14. The highest BCUT2D eigenvalue weighted by Crippen LogP contribution is 2.12. The van der Waals surface area contributed by atoms with Crippen molar-refractivity contribution in [3.8, 4) is 0 Å². The van der Waals surface area contributed by atoms with Crippen LogP contribution in [0, 0.1) is 0 Å². The molecule has 0 aliphatic heterocycles. The van der Waals surface area contributed by atoms with Gasteiger partial charge in [0.05, 0.1) is 11.1 Å². The fourth-order valence-corrected chi connectivity index (χ4v) is 1.44. The van der Waals surface area contributed by atoms with Crippen LogP contribution in [0.2, 0.25) is 0 Å². The summed E-state index contributed by atoms with van der Waals surface area (Å²) in [5.74, 6) is -2.27. The van der Waals surface area contributed by atoms with Gasteiger partial charge in [0.2, 0.25) is 0 Å². The summed E-state index contributed by atoms with van der Waals surface area (Å²) in [7, 11) is 1.83. The lowest BCUT2D eigenvalue weighted by molar-refractivity contribution is 0.0696. The number of aromatic carboxylic acids is 2. The highest BCUT2D eigenvalue weighted by atomic mass is 16.4. The van der Waals surface area contributed by atoms with E-state index in [1.165, 1.54) is 12.1 Å². The van der Waals surface area contributed by atoms with Crippen molar-refractivity contribution in [2.45, 2.75) is 6.42 Å². The Morgan fingerprint density at radius 3 is 2.17 bits per heavy atom. The van der Waals surface area contributed by atoms with E-state index >= 15 is 0 Å². The number of hydrogen-bond donors (Lipinski definition) is 3. The van der Waals surface area contributed by atoms with Crippen LogP contribution in [0.3, 0.4) is 0 Å². The zero-order valence-electron chi connectivity index (χ0n) is 10.0. The van der Waals surface area contributed by atoms with Gasteiger partial charge in [-0.25, -0.2) is 9.59 Å². The number of benzene rings is 1. The average molecular weight is 249 g/mol. The molecule has 0 radical (unpaired) electrons. The molecule has 1 aromatic carbocycles. The van der Waals surface area contributed by atoms with E-state index in [2.05, 4.69) is 5.32 Å². The lowest BCUT2D eigenvalue weighted by atomic mass is 10.0. The Balaban J connectivity index is 3.00. The van der Waals surface area contributed by atoms with Crippen LogP contribution in [0.5, 0.6) is 0 Å². The van der Waals surface area contributed by atoms with E-state index in [0.29, 0.717) is 5.56 Å². The molecule has 5 nitrogen and oxygen atoms in total. The maximum absolute atomic E-state index is 10.9. The molecule has 0 saturated heterocycles. The van der Waals surface area contributed by atoms with Gasteiger partial charge in [-0.15, -0.1) is 0 Å². The van der Waals surface area contributed by atoms with Gasteiger partial charge < -0.3 is 15.5 Å². The van der Waals surface area contributed by atoms with Crippen molar-refractivity contribution in [2.75, 3.05) is 13.6 Å². The molecule has 0 spiro atoms. The number of rotatable bonds is 6. The quantitative estimate of drug-likeness (QED) is 0.668. The summed E-state index contributed by atoms with van der Waals surface area (Å²) < 4.78 is 0. The third kappa shape index (κ3) is 4.03. The molecular weight excluding hydrogens is 234 g/mol. The van der Waals surface area contributed by atoms with E-state index in [9.17, 15) is 9.59 Å². The molecular formula is C13H15NO4. The first-order chi connectivity index (χ1) is 8.54. The lowest BCUT2D eigenvalue weighted by Crippen LogP contribution is -2.05. The van der Waals surface area contributed by atoms with Gasteiger partial charge in [-0.1, -0.05) is 12.2 Å². The Hall–Kier alpha value is -2.14. The fourth-order valence-electron chi connectivity index (χ4n) is 1.44. The van der Waals surface area contributed by atoms with Gasteiger partial charge in [-0.3, -0.25) is 0 Å². The van der Waals surface area contributed by atoms with E-state index in [-0.39, 0.29) is 11.1 Å². The van der Waals surface area contributed by atoms with Gasteiger partial charge in [0.15, 0.2) is 0 Å². The molecule has 5 heteroatoms. The smallest absolute Gasteiger partial charge is 0.335 e. The number of carbonyl (C=O) groups is 2. The summed E-state index contributed by atoms with van der Waals surface area (Å²) in [5, 5.41) is 20.8. The summed E-state index contributed by atoms with van der Waals surface area (Å²) in [5.41, 5.74) is 0.523. The molecule has 0 heterocycles. The van der Waals surface area contributed by atoms with Crippen molar-refractivity contribution in [3.63, 3.8) is 0 Å².